The minimum absolute atomic E-state index is 0.414. The van der Waals surface area contributed by atoms with Crippen LogP contribution < -0.4 is 5.32 Å². The van der Waals surface area contributed by atoms with Crippen LogP contribution in [-0.2, 0) is 9.47 Å². The maximum absolute atomic E-state index is 5.52. The minimum Gasteiger partial charge on any atom is -0.383 e. The molecule has 4 nitrogen and oxygen atoms in total. The van der Waals surface area contributed by atoms with Crippen molar-refractivity contribution in [3.63, 3.8) is 0 Å². The van der Waals surface area contributed by atoms with Crippen LogP contribution in [0.5, 0.6) is 0 Å². The van der Waals surface area contributed by atoms with Crippen LogP contribution in [-0.4, -0.2) is 64.1 Å². The van der Waals surface area contributed by atoms with Crippen LogP contribution in [0.15, 0.2) is 0 Å². The summed E-state index contributed by atoms with van der Waals surface area (Å²) in [5.41, 5.74) is 0. The highest BCUT2D eigenvalue weighted by atomic mass is 16.5. The molecule has 0 aromatic heterocycles. The highest BCUT2D eigenvalue weighted by Crippen LogP contribution is 2.12. The van der Waals surface area contributed by atoms with E-state index in [0.29, 0.717) is 12.1 Å². The van der Waals surface area contributed by atoms with Crippen molar-refractivity contribution in [2.75, 3.05) is 47.0 Å². The summed E-state index contributed by atoms with van der Waals surface area (Å²) >= 11 is 0. The summed E-state index contributed by atoms with van der Waals surface area (Å²) in [5.74, 6) is 0. The summed E-state index contributed by atoms with van der Waals surface area (Å²) < 4.78 is 10.6. The molecule has 1 fully saturated rings. The van der Waals surface area contributed by atoms with E-state index in [1.165, 1.54) is 0 Å². The maximum Gasteiger partial charge on any atom is 0.0589 e. The Morgan fingerprint density at radius 2 is 2.25 bits per heavy atom. The van der Waals surface area contributed by atoms with Crippen molar-refractivity contribution in [1.82, 2.24) is 10.2 Å². The minimum atomic E-state index is 0.414. The monoisotopic (exact) mass is 230 g/mol. The van der Waals surface area contributed by atoms with Gasteiger partial charge in [-0.05, 0) is 26.8 Å². The first-order valence-corrected chi connectivity index (χ1v) is 6.25. The second-order valence-corrected chi connectivity index (χ2v) is 4.65. The van der Waals surface area contributed by atoms with Gasteiger partial charge in [0.15, 0.2) is 0 Å². The zero-order chi connectivity index (χ0) is 11.8. The third-order valence-corrected chi connectivity index (χ3v) is 3.09. The van der Waals surface area contributed by atoms with Gasteiger partial charge in [0.05, 0.1) is 12.7 Å². The topological polar surface area (TPSA) is 33.7 Å². The Bertz CT molecular complexity index is 178. The molecule has 2 unspecified atom stereocenters. The first kappa shape index (κ1) is 13.9. The van der Waals surface area contributed by atoms with Crippen LogP contribution >= 0.6 is 0 Å². The summed E-state index contributed by atoms with van der Waals surface area (Å²) in [6.07, 6.45) is 2.70. The van der Waals surface area contributed by atoms with Gasteiger partial charge in [0, 0.05) is 39.4 Å². The first-order chi connectivity index (χ1) is 7.72. The van der Waals surface area contributed by atoms with Crippen LogP contribution in [0.4, 0.5) is 0 Å². The van der Waals surface area contributed by atoms with Crippen molar-refractivity contribution in [3.8, 4) is 0 Å². The van der Waals surface area contributed by atoms with Gasteiger partial charge in [-0.1, -0.05) is 0 Å². The molecule has 1 rings (SSSR count). The third-order valence-electron chi connectivity index (χ3n) is 3.09. The molecule has 1 saturated heterocycles. The maximum atomic E-state index is 5.52. The molecule has 1 heterocycles. The van der Waals surface area contributed by atoms with E-state index >= 15 is 0 Å². The Balaban J connectivity index is 2.01. The van der Waals surface area contributed by atoms with E-state index in [2.05, 4.69) is 24.2 Å². The summed E-state index contributed by atoms with van der Waals surface area (Å²) in [6, 6.07) is 0.638. The number of hydrogen-bond donors (Lipinski definition) is 1. The summed E-state index contributed by atoms with van der Waals surface area (Å²) in [5, 5.41) is 3.60. The molecule has 16 heavy (non-hydrogen) atoms. The van der Waals surface area contributed by atoms with Gasteiger partial charge < -0.3 is 19.7 Å². The molecule has 1 aliphatic heterocycles. The average Bonchev–Trinajstić information content (AvgIpc) is 2.26. The van der Waals surface area contributed by atoms with Crippen LogP contribution in [0.25, 0.3) is 0 Å². The molecule has 0 radical (unpaired) electrons. The van der Waals surface area contributed by atoms with Gasteiger partial charge in [-0.25, -0.2) is 0 Å². The zero-order valence-corrected chi connectivity index (χ0v) is 10.9. The van der Waals surface area contributed by atoms with Gasteiger partial charge in [-0.3, -0.25) is 0 Å². The molecule has 96 valence electrons. The predicted octanol–water partition coefficient (Wildman–Crippen LogP) is 0.722. The standard InChI is InChI=1S/C12H26N2O2/c1-11-10-12(4-8-16-11)13-5-6-14(2)7-9-15-3/h11-13H,4-10H2,1-3H3. The Kier molecular flexibility index (Phi) is 6.96. The van der Waals surface area contributed by atoms with Crippen LogP contribution in [0.3, 0.4) is 0 Å². The molecule has 0 bridgehead atoms. The number of hydrogen-bond acceptors (Lipinski definition) is 4. The average molecular weight is 230 g/mol. The van der Waals surface area contributed by atoms with E-state index in [9.17, 15) is 0 Å². The highest BCUT2D eigenvalue weighted by molar-refractivity contribution is 4.74. The number of nitrogens with zero attached hydrogens (tertiary/aromatic N) is 1. The van der Waals surface area contributed by atoms with Crippen molar-refractivity contribution in [2.24, 2.45) is 0 Å². The van der Waals surface area contributed by atoms with E-state index in [1.54, 1.807) is 7.11 Å². The number of nitrogens with one attached hydrogen (secondary N) is 1. The lowest BCUT2D eigenvalue weighted by molar-refractivity contribution is 0.0131. The number of likely N-dealkylation sites (N-methyl/N-ethyl adjacent to an activating group) is 1. The van der Waals surface area contributed by atoms with Crippen molar-refractivity contribution in [1.29, 1.82) is 0 Å². The molecule has 1 aliphatic rings. The Morgan fingerprint density at radius 1 is 1.44 bits per heavy atom. The molecule has 0 aliphatic carbocycles. The second kappa shape index (κ2) is 8.01. The normalized spacial score (nSPS) is 26.2. The third kappa shape index (κ3) is 5.80. The lowest BCUT2D eigenvalue weighted by Crippen LogP contribution is -2.41. The Hall–Kier alpha value is -0.160. The van der Waals surface area contributed by atoms with Crippen molar-refractivity contribution in [2.45, 2.75) is 31.9 Å². The van der Waals surface area contributed by atoms with Gasteiger partial charge in [0.25, 0.3) is 0 Å². The SMILES string of the molecule is COCCN(C)CCNC1CCOC(C)C1. The molecule has 0 aromatic rings. The zero-order valence-electron chi connectivity index (χ0n) is 10.9. The molecule has 0 spiro atoms. The quantitative estimate of drug-likeness (QED) is 0.699. The fourth-order valence-corrected chi connectivity index (χ4v) is 2.00. The first-order valence-electron chi connectivity index (χ1n) is 6.25. The van der Waals surface area contributed by atoms with Gasteiger partial charge in [-0.15, -0.1) is 0 Å². The van der Waals surface area contributed by atoms with E-state index in [4.69, 9.17) is 9.47 Å². The van der Waals surface area contributed by atoms with Crippen LogP contribution in [0.1, 0.15) is 19.8 Å². The number of ether oxygens (including phenoxy) is 2. The fraction of sp³-hybridized carbons (Fsp3) is 1.00. The van der Waals surface area contributed by atoms with E-state index < -0.39 is 0 Å². The predicted molar refractivity (Wildman–Crippen MR) is 65.8 cm³/mol. The Labute approximate surface area is 99.3 Å². The van der Waals surface area contributed by atoms with E-state index in [1.807, 2.05) is 0 Å². The molecular weight excluding hydrogens is 204 g/mol. The Morgan fingerprint density at radius 3 is 2.94 bits per heavy atom. The van der Waals surface area contributed by atoms with Gasteiger partial charge in [0.1, 0.15) is 0 Å². The van der Waals surface area contributed by atoms with Crippen LogP contribution in [0, 0.1) is 0 Å². The van der Waals surface area contributed by atoms with Crippen LogP contribution in [0.2, 0.25) is 0 Å². The lowest BCUT2D eigenvalue weighted by Gasteiger charge is -2.28. The van der Waals surface area contributed by atoms with E-state index in [-0.39, 0.29) is 0 Å². The second-order valence-electron chi connectivity index (χ2n) is 4.65. The van der Waals surface area contributed by atoms with Gasteiger partial charge >= 0.3 is 0 Å². The van der Waals surface area contributed by atoms with E-state index in [0.717, 1.165) is 45.7 Å². The molecule has 1 N–H and O–H groups in total. The molecule has 2 atom stereocenters. The van der Waals surface area contributed by atoms with Crippen molar-refractivity contribution < 1.29 is 9.47 Å². The summed E-state index contributed by atoms with van der Waals surface area (Å²) in [6.45, 7) is 7.00. The molecule has 4 heteroatoms. The smallest absolute Gasteiger partial charge is 0.0589 e. The lowest BCUT2D eigenvalue weighted by atomic mass is 10.0. The summed E-state index contributed by atoms with van der Waals surface area (Å²) in [7, 11) is 3.88. The molecular formula is C12H26N2O2. The van der Waals surface area contributed by atoms with Gasteiger partial charge in [-0.2, -0.15) is 0 Å². The van der Waals surface area contributed by atoms with Crippen molar-refractivity contribution in [3.05, 3.63) is 0 Å². The molecule has 0 saturated carbocycles. The highest BCUT2D eigenvalue weighted by Gasteiger charge is 2.18. The number of methoxy groups -OCH3 is 1. The number of rotatable bonds is 7. The fourth-order valence-electron chi connectivity index (χ4n) is 2.00. The molecule has 0 amide bonds. The van der Waals surface area contributed by atoms with Gasteiger partial charge in [0.2, 0.25) is 0 Å². The summed E-state index contributed by atoms with van der Waals surface area (Å²) in [4.78, 5) is 2.29. The molecule has 0 aromatic carbocycles. The van der Waals surface area contributed by atoms with Crippen molar-refractivity contribution >= 4 is 0 Å². The largest absolute Gasteiger partial charge is 0.383 e.